The Morgan fingerprint density at radius 2 is 1.23 bits per heavy atom. The van der Waals surface area contributed by atoms with Gasteiger partial charge in [0.05, 0.1) is 59.5 Å². The summed E-state index contributed by atoms with van der Waals surface area (Å²) in [4.78, 5) is 72.6. The van der Waals surface area contributed by atoms with Gasteiger partial charge in [0.15, 0.2) is 0 Å². The maximum Gasteiger partial charge on any atom is 0.253 e. The lowest BCUT2D eigenvalue weighted by atomic mass is 10.2. The van der Waals surface area contributed by atoms with E-state index in [4.69, 9.17) is 24.1 Å². The molecule has 16 heteroatoms. The number of amides is 6. The molecule has 2 rings (SSSR count). The third kappa shape index (κ3) is 16.3. The highest BCUT2D eigenvalue weighted by molar-refractivity contribution is 6.13. The molecule has 0 spiro atoms. The average molecular weight is 664 g/mol. The zero-order chi connectivity index (χ0) is 34.4. The van der Waals surface area contributed by atoms with Gasteiger partial charge < -0.3 is 45.3 Å². The molecule has 0 bridgehead atoms. The number of hydrogen-bond donors (Lipinski definition) is 5. The minimum absolute atomic E-state index is 0.0246. The van der Waals surface area contributed by atoms with Crippen molar-refractivity contribution in [3.8, 4) is 0 Å². The molecule has 47 heavy (non-hydrogen) atoms. The maximum absolute atomic E-state index is 12.4. The van der Waals surface area contributed by atoms with Gasteiger partial charge in [0, 0.05) is 43.8 Å². The molecule has 0 fully saturated rings. The van der Waals surface area contributed by atoms with Gasteiger partial charge in [-0.1, -0.05) is 12.1 Å². The Balaban J connectivity index is 1.37. The Morgan fingerprint density at radius 3 is 1.81 bits per heavy atom. The number of nitrogens with zero attached hydrogens (tertiary/aromatic N) is 1. The largest absolute Gasteiger partial charge is 0.392 e. The first-order chi connectivity index (χ1) is 22.6. The number of carbonyl (C=O) groups excluding carboxylic acids is 6. The van der Waals surface area contributed by atoms with Crippen LogP contribution in [0.15, 0.2) is 36.4 Å². The highest BCUT2D eigenvalue weighted by Crippen LogP contribution is 2.10. The van der Waals surface area contributed by atoms with Crippen LogP contribution in [0.4, 0.5) is 5.69 Å². The van der Waals surface area contributed by atoms with Gasteiger partial charge in [-0.25, -0.2) is 0 Å². The van der Waals surface area contributed by atoms with Crippen molar-refractivity contribution in [3.05, 3.63) is 42.0 Å². The molecular formula is C31H45N5O11. The first kappa shape index (κ1) is 39.0. The van der Waals surface area contributed by atoms with Crippen LogP contribution in [0.25, 0.3) is 0 Å². The molecule has 1 aliphatic heterocycles. The third-order valence-corrected chi connectivity index (χ3v) is 6.55. The van der Waals surface area contributed by atoms with Crippen molar-refractivity contribution < 1.29 is 52.8 Å². The number of carbonyl (C=O) groups is 6. The second-order valence-corrected chi connectivity index (χ2v) is 10.3. The molecule has 1 heterocycles. The van der Waals surface area contributed by atoms with Crippen LogP contribution in [0, 0.1) is 0 Å². The summed E-state index contributed by atoms with van der Waals surface area (Å²) < 4.78 is 21.6. The number of imide groups is 1. The quantitative estimate of drug-likeness (QED) is 0.0670. The molecule has 0 aliphatic carbocycles. The smallest absolute Gasteiger partial charge is 0.253 e. The number of hydrogen-bond acceptors (Lipinski definition) is 11. The second-order valence-electron chi connectivity index (χ2n) is 10.3. The van der Waals surface area contributed by atoms with Gasteiger partial charge in [-0.15, -0.1) is 0 Å². The Bertz CT molecular complexity index is 1190. The van der Waals surface area contributed by atoms with Crippen molar-refractivity contribution in [1.29, 1.82) is 0 Å². The van der Waals surface area contributed by atoms with E-state index in [1.165, 1.54) is 26.0 Å². The lowest BCUT2D eigenvalue weighted by Gasteiger charge is -2.18. The molecule has 2 atom stereocenters. The first-order valence-electron chi connectivity index (χ1n) is 15.3. The molecule has 1 aromatic rings. The van der Waals surface area contributed by atoms with E-state index < -0.39 is 35.7 Å². The van der Waals surface area contributed by atoms with Gasteiger partial charge >= 0.3 is 0 Å². The zero-order valence-corrected chi connectivity index (χ0v) is 26.8. The van der Waals surface area contributed by atoms with Gasteiger partial charge in [0.25, 0.3) is 11.8 Å². The number of anilines is 1. The van der Waals surface area contributed by atoms with Crippen molar-refractivity contribution in [2.45, 2.75) is 45.4 Å². The van der Waals surface area contributed by atoms with Crippen molar-refractivity contribution >= 4 is 41.1 Å². The van der Waals surface area contributed by atoms with Crippen LogP contribution >= 0.6 is 0 Å². The summed E-state index contributed by atoms with van der Waals surface area (Å²) in [5.41, 5.74) is 1.23. The van der Waals surface area contributed by atoms with E-state index in [2.05, 4.69) is 21.3 Å². The van der Waals surface area contributed by atoms with Gasteiger partial charge in [0.1, 0.15) is 12.1 Å². The van der Waals surface area contributed by atoms with E-state index >= 15 is 0 Å². The standard InChI is InChI=1S/C31H45N5O11/c1-22(30(42)34-23(2)31(43)35-25-5-3-24(21-37)4-6-25)33-27(39)10-13-44-15-17-46-19-20-47-18-16-45-14-11-32-26(38)9-12-36-28(40)7-8-29(36)41/h3-8,22-23,37H,9-21H2,1-2H3,(H,32,38)(H,33,39)(H,34,42)(H,35,43)/t22-,23-/m0/s1. The summed E-state index contributed by atoms with van der Waals surface area (Å²) in [5, 5.41) is 19.6. The van der Waals surface area contributed by atoms with Gasteiger partial charge in [-0.05, 0) is 31.5 Å². The molecule has 1 aliphatic rings. The predicted octanol–water partition coefficient (Wildman–Crippen LogP) is -0.985. The highest BCUT2D eigenvalue weighted by atomic mass is 16.6. The fourth-order valence-electron chi connectivity index (χ4n) is 3.87. The molecule has 0 radical (unpaired) electrons. The number of ether oxygens (including phenoxy) is 4. The number of nitrogens with one attached hydrogen (secondary N) is 4. The fourth-order valence-corrected chi connectivity index (χ4v) is 3.87. The monoisotopic (exact) mass is 663 g/mol. The highest BCUT2D eigenvalue weighted by Gasteiger charge is 2.23. The summed E-state index contributed by atoms with van der Waals surface area (Å²) in [5.74, 6) is -2.43. The SMILES string of the molecule is C[C@H](NC(=O)CCOCCOCCOCCOCCNC(=O)CCN1C(=O)C=CC1=O)C(=O)N[C@@H](C)C(=O)Nc1ccc(CO)cc1. The predicted molar refractivity (Wildman–Crippen MR) is 168 cm³/mol. The molecule has 0 saturated carbocycles. The molecule has 1 aromatic carbocycles. The van der Waals surface area contributed by atoms with Crippen LogP contribution in [-0.2, 0) is 54.3 Å². The molecular weight excluding hydrogens is 618 g/mol. The van der Waals surface area contributed by atoms with E-state index in [1.54, 1.807) is 24.3 Å². The Morgan fingerprint density at radius 1 is 0.702 bits per heavy atom. The Kier molecular flexibility index (Phi) is 18.5. The molecule has 6 amide bonds. The van der Waals surface area contributed by atoms with Crippen LogP contribution in [-0.4, -0.2) is 123 Å². The van der Waals surface area contributed by atoms with E-state index in [0.29, 0.717) is 50.8 Å². The summed E-state index contributed by atoms with van der Waals surface area (Å²) in [6, 6.07) is 4.95. The lowest BCUT2D eigenvalue weighted by Crippen LogP contribution is -2.50. The van der Waals surface area contributed by atoms with Gasteiger partial charge in [-0.2, -0.15) is 0 Å². The van der Waals surface area contributed by atoms with Gasteiger partial charge in [0.2, 0.25) is 23.6 Å². The van der Waals surface area contributed by atoms with E-state index in [9.17, 15) is 28.8 Å². The van der Waals surface area contributed by atoms with Crippen molar-refractivity contribution in [1.82, 2.24) is 20.9 Å². The molecule has 260 valence electrons. The van der Waals surface area contributed by atoms with Crippen molar-refractivity contribution in [2.75, 3.05) is 71.3 Å². The van der Waals surface area contributed by atoms with Crippen LogP contribution in [0.5, 0.6) is 0 Å². The number of aliphatic hydroxyl groups is 1. The topological polar surface area (TPSA) is 211 Å². The number of benzene rings is 1. The Labute approximate surface area is 273 Å². The van der Waals surface area contributed by atoms with E-state index in [1.807, 2.05) is 0 Å². The number of rotatable bonds is 24. The molecule has 0 saturated heterocycles. The van der Waals surface area contributed by atoms with Crippen LogP contribution < -0.4 is 21.3 Å². The van der Waals surface area contributed by atoms with Crippen LogP contribution in [0.3, 0.4) is 0 Å². The lowest BCUT2D eigenvalue weighted by molar-refractivity contribution is -0.137. The van der Waals surface area contributed by atoms with Crippen LogP contribution in [0.2, 0.25) is 0 Å². The fraction of sp³-hybridized carbons (Fsp3) is 0.548. The summed E-state index contributed by atoms with van der Waals surface area (Å²) >= 11 is 0. The zero-order valence-electron chi connectivity index (χ0n) is 26.8. The van der Waals surface area contributed by atoms with Crippen LogP contribution in [0.1, 0.15) is 32.3 Å². The Hall–Kier alpha value is -4.22. The molecule has 0 aromatic heterocycles. The normalized spacial score (nSPS) is 13.7. The maximum atomic E-state index is 12.4. The van der Waals surface area contributed by atoms with Gasteiger partial charge in [-0.3, -0.25) is 33.7 Å². The third-order valence-electron chi connectivity index (χ3n) is 6.55. The van der Waals surface area contributed by atoms with E-state index in [-0.39, 0.29) is 57.6 Å². The minimum Gasteiger partial charge on any atom is -0.392 e. The summed E-state index contributed by atoms with van der Waals surface area (Å²) in [7, 11) is 0. The van der Waals surface area contributed by atoms with Crippen molar-refractivity contribution in [2.24, 2.45) is 0 Å². The van der Waals surface area contributed by atoms with E-state index in [0.717, 1.165) is 4.90 Å². The summed E-state index contributed by atoms with van der Waals surface area (Å²) in [6.07, 6.45) is 2.42. The molecule has 5 N–H and O–H groups in total. The number of aliphatic hydroxyl groups excluding tert-OH is 1. The first-order valence-corrected chi connectivity index (χ1v) is 15.3. The molecule has 0 unspecified atom stereocenters. The van der Waals surface area contributed by atoms with Crippen molar-refractivity contribution in [3.63, 3.8) is 0 Å². The minimum atomic E-state index is -0.855. The second kappa shape index (κ2) is 22.3. The molecule has 16 nitrogen and oxygen atoms in total. The average Bonchev–Trinajstić information content (AvgIpc) is 3.38. The summed E-state index contributed by atoms with van der Waals surface area (Å²) in [6.45, 7) is 5.65.